The molecule has 0 saturated heterocycles. The van der Waals surface area contributed by atoms with Crippen LogP contribution in [0.4, 0.5) is 10.1 Å². The van der Waals surface area contributed by atoms with Gasteiger partial charge in [0.05, 0.1) is 0 Å². The minimum absolute atomic E-state index is 0.0639. The maximum atomic E-state index is 13.0. The van der Waals surface area contributed by atoms with Gasteiger partial charge in [0.25, 0.3) is 0 Å². The zero-order valence-corrected chi connectivity index (χ0v) is 11.6. The molecule has 0 unspecified atom stereocenters. The summed E-state index contributed by atoms with van der Waals surface area (Å²) < 4.78 is 13.9. The first-order chi connectivity index (χ1) is 8.56. The van der Waals surface area contributed by atoms with Crippen molar-refractivity contribution in [2.75, 3.05) is 5.32 Å². The number of phenols is 1. The summed E-state index contributed by atoms with van der Waals surface area (Å²) >= 11 is 9.20. The monoisotopic (exact) mass is 329 g/mol. The summed E-state index contributed by atoms with van der Waals surface area (Å²) in [7, 11) is 0. The molecule has 94 valence electrons. The highest BCUT2D eigenvalue weighted by molar-refractivity contribution is 9.10. The Balaban J connectivity index is 2.13. The molecule has 2 nitrogen and oxygen atoms in total. The third-order valence-electron chi connectivity index (χ3n) is 2.44. The molecular formula is C13H10BrClFNO. The van der Waals surface area contributed by atoms with E-state index >= 15 is 0 Å². The molecule has 2 N–H and O–H groups in total. The molecular weight excluding hydrogens is 321 g/mol. The molecule has 0 spiro atoms. The first-order valence-electron chi connectivity index (χ1n) is 5.22. The van der Waals surface area contributed by atoms with Crippen molar-refractivity contribution in [2.24, 2.45) is 0 Å². The lowest BCUT2D eigenvalue weighted by Crippen LogP contribution is -2.00. The lowest BCUT2D eigenvalue weighted by molar-refractivity contribution is 0.466. The van der Waals surface area contributed by atoms with Gasteiger partial charge in [-0.1, -0.05) is 11.6 Å². The lowest BCUT2D eigenvalue weighted by Gasteiger charge is -2.10. The summed E-state index contributed by atoms with van der Waals surface area (Å²) in [6.07, 6.45) is 0. The Kier molecular flexibility index (Phi) is 4.09. The predicted octanol–water partition coefficient (Wildman–Crippen LogP) is 4.56. The molecule has 5 heteroatoms. The average Bonchev–Trinajstić information content (AvgIpc) is 2.32. The van der Waals surface area contributed by atoms with Crippen LogP contribution in [-0.4, -0.2) is 5.11 Å². The second kappa shape index (κ2) is 5.59. The van der Waals surface area contributed by atoms with Crippen LogP contribution in [0.5, 0.6) is 5.75 Å². The first kappa shape index (κ1) is 13.2. The fraction of sp³-hybridized carbons (Fsp3) is 0.0769. The van der Waals surface area contributed by atoms with Gasteiger partial charge in [0, 0.05) is 27.3 Å². The van der Waals surface area contributed by atoms with Gasteiger partial charge in [-0.15, -0.1) is 0 Å². The van der Waals surface area contributed by atoms with Crippen molar-refractivity contribution in [3.63, 3.8) is 0 Å². The van der Waals surface area contributed by atoms with Crippen LogP contribution in [0.15, 0.2) is 40.9 Å². The van der Waals surface area contributed by atoms with E-state index < -0.39 is 0 Å². The molecule has 0 aliphatic rings. The molecule has 0 aromatic heterocycles. The molecule has 0 fully saturated rings. The second-order valence-corrected chi connectivity index (χ2v) is 5.04. The Bertz CT molecular complexity index is 577. The van der Waals surface area contributed by atoms with E-state index in [0.717, 1.165) is 10.2 Å². The third-order valence-corrected chi connectivity index (χ3v) is 3.33. The van der Waals surface area contributed by atoms with Gasteiger partial charge in [-0.2, -0.15) is 0 Å². The van der Waals surface area contributed by atoms with Crippen molar-refractivity contribution >= 4 is 33.2 Å². The largest absolute Gasteiger partial charge is 0.508 e. The quantitative estimate of drug-likeness (QED) is 0.864. The van der Waals surface area contributed by atoms with Gasteiger partial charge in [-0.25, -0.2) is 4.39 Å². The van der Waals surface area contributed by atoms with Crippen LogP contribution in [0.25, 0.3) is 0 Å². The predicted molar refractivity (Wildman–Crippen MR) is 74.5 cm³/mol. The number of nitrogens with one attached hydrogen (secondary N) is 1. The van der Waals surface area contributed by atoms with E-state index in [0.29, 0.717) is 17.1 Å². The molecule has 0 radical (unpaired) electrons. The molecule has 0 heterocycles. The summed E-state index contributed by atoms with van der Waals surface area (Å²) in [5.74, 6) is -0.311. The maximum Gasteiger partial charge on any atom is 0.123 e. The molecule has 2 rings (SSSR count). The van der Waals surface area contributed by atoms with Crippen LogP contribution in [-0.2, 0) is 6.54 Å². The highest BCUT2D eigenvalue weighted by Crippen LogP contribution is 2.27. The molecule has 0 aliphatic heterocycles. The van der Waals surface area contributed by atoms with Crippen molar-refractivity contribution in [2.45, 2.75) is 6.54 Å². The highest BCUT2D eigenvalue weighted by atomic mass is 79.9. The van der Waals surface area contributed by atoms with Crippen LogP contribution in [0.2, 0.25) is 5.02 Å². The Morgan fingerprint density at radius 3 is 2.72 bits per heavy atom. The van der Waals surface area contributed by atoms with E-state index in [4.69, 9.17) is 11.6 Å². The van der Waals surface area contributed by atoms with Gasteiger partial charge >= 0.3 is 0 Å². The highest BCUT2D eigenvalue weighted by Gasteiger charge is 2.05. The number of halogens is 3. The smallest absolute Gasteiger partial charge is 0.123 e. The fourth-order valence-electron chi connectivity index (χ4n) is 1.52. The molecule has 18 heavy (non-hydrogen) atoms. The topological polar surface area (TPSA) is 32.3 Å². The molecule has 0 atom stereocenters. The van der Waals surface area contributed by atoms with Crippen LogP contribution >= 0.6 is 27.5 Å². The zero-order chi connectivity index (χ0) is 13.1. The van der Waals surface area contributed by atoms with Crippen molar-refractivity contribution in [3.8, 4) is 5.75 Å². The van der Waals surface area contributed by atoms with E-state index in [1.54, 1.807) is 12.1 Å². The zero-order valence-electron chi connectivity index (χ0n) is 9.25. The number of hydrogen-bond donors (Lipinski definition) is 2. The fourth-order valence-corrected chi connectivity index (χ4v) is 2.34. The molecule has 2 aromatic rings. The summed E-state index contributed by atoms with van der Waals surface area (Å²) in [5, 5.41) is 13.3. The van der Waals surface area contributed by atoms with E-state index in [1.807, 2.05) is 6.07 Å². The second-order valence-electron chi connectivity index (χ2n) is 3.75. The molecule has 0 saturated carbocycles. The Morgan fingerprint density at radius 2 is 2.00 bits per heavy atom. The van der Waals surface area contributed by atoms with Crippen molar-refractivity contribution < 1.29 is 9.50 Å². The maximum absolute atomic E-state index is 13.0. The van der Waals surface area contributed by atoms with Crippen molar-refractivity contribution in [1.29, 1.82) is 0 Å². The number of hydrogen-bond acceptors (Lipinski definition) is 2. The molecule has 0 bridgehead atoms. The summed E-state index contributed by atoms with van der Waals surface area (Å²) in [6, 6.07) is 9.17. The van der Waals surface area contributed by atoms with Gasteiger partial charge in [0.1, 0.15) is 11.6 Å². The van der Waals surface area contributed by atoms with E-state index in [9.17, 15) is 9.50 Å². The summed E-state index contributed by atoms with van der Waals surface area (Å²) in [6.45, 7) is 0.323. The Morgan fingerprint density at radius 1 is 1.22 bits per heavy atom. The summed E-state index contributed by atoms with van der Waals surface area (Å²) in [4.78, 5) is 0. The van der Waals surface area contributed by atoms with Crippen molar-refractivity contribution in [1.82, 2.24) is 0 Å². The van der Waals surface area contributed by atoms with E-state index in [1.165, 1.54) is 18.2 Å². The molecule has 0 aliphatic carbocycles. The number of aromatic hydroxyl groups is 1. The lowest BCUT2D eigenvalue weighted by atomic mass is 10.2. The van der Waals surface area contributed by atoms with E-state index in [-0.39, 0.29) is 11.6 Å². The number of benzene rings is 2. The molecule has 2 aromatic carbocycles. The molecule has 0 amide bonds. The van der Waals surface area contributed by atoms with Crippen LogP contribution in [0.3, 0.4) is 0 Å². The summed E-state index contributed by atoms with van der Waals surface area (Å²) in [5.41, 5.74) is 1.32. The number of anilines is 1. The third kappa shape index (κ3) is 3.15. The van der Waals surface area contributed by atoms with Gasteiger partial charge < -0.3 is 10.4 Å². The van der Waals surface area contributed by atoms with Crippen LogP contribution in [0.1, 0.15) is 5.56 Å². The Labute approximate surface area is 118 Å². The average molecular weight is 331 g/mol. The van der Waals surface area contributed by atoms with Crippen LogP contribution in [0, 0.1) is 5.82 Å². The first-order valence-corrected chi connectivity index (χ1v) is 6.39. The Hall–Kier alpha value is -1.26. The van der Waals surface area contributed by atoms with Gasteiger partial charge in [0.15, 0.2) is 0 Å². The van der Waals surface area contributed by atoms with E-state index in [2.05, 4.69) is 21.2 Å². The SMILES string of the molecule is Oc1ccc(F)cc1CNc1ccc(Cl)cc1Br. The minimum atomic E-state index is -0.375. The normalized spacial score (nSPS) is 10.4. The van der Waals surface area contributed by atoms with Crippen molar-refractivity contribution in [3.05, 3.63) is 57.3 Å². The van der Waals surface area contributed by atoms with Gasteiger partial charge in [-0.05, 0) is 52.3 Å². The van der Waals surface area contributed by atoms with Gasteiger partial charge in [-0.3, -0.25) is 0 Å². The number of rotatable bonds is 3. The number of phenolic OH excluding ortho intramolecular Hbond substituents is 1. The standard InChI is InChI=1S/C13H10BrClFNO/c14-11-6-9(15)1-3-12(11)17-7-8-5-10(16)2-4-13(8)18/h1-6,17-18H,7H2. The van der Waals surface area contributed by atoms with Crippen LogP contribution < -0.4 is 5.32 Å². The minimum Gasteiger partial charge on any atom is -0.508 e. The van der Waals surface area contributed by atoms with Gasteiger partial charge in [0.2, 0.25) is 0 Å².